The molecule has 0 aliphatic heterocycles. The van der Waals surface area contributed by atoms with E-state index in [4.69, 9.17) is 9.47 Å². The summed E-state index contributed by atoms with van der Waals surface area (Å²) < 4.78 is 10.1. The van der Waals surface area contributed by atoms with Crippen LogP contribution in [-0.4, -0.2) is 36.5 Å². The zero-order valence-electron chi connectivity index (χ0n) is 9.49. The first-order valence-corrected chi connectivity index (χ1v) is 5.53. The van der Waals surface area contributed by atoms with Crippen molar-refractivity contribution in [2.75, 3.05) is 13.7 Å². The number of carbonyl (C=O) groups is 1. The fraction of sp³-hybridized carbons (Fsp3) is 0.909. The summed E-state index contributed by atoms with van der Waals surface area (Å²) in [5.41, 5.74) is -1.03. The van der Waals surface area contributed by atoms with Gasteiger partial charge in [0.15, 0.2) is 0 Å². The van der Waals surface area contributed by atoms with Crippen LogP contribution in [0.25, 0.3) is 0 Å². The number of rotatable bonds is 4. The number of hydrogen-bond acceptors (Lipinski definition) is 4. The molecule has 0 aromatic carbocycles. The first-order valence-electron chi connectivity index (χ1n) is 5.53. The van der Waals surface area contributed by atoms with Crippen molar-refractivity contribution >= 4 is 5.97 Å². The zero-order chi connectivity index (χ0) is 11.3. The van der Waals surface area contributed by atoms with Crippen molar-refractivity contribution in [3.63, 3.8) is 0 Å². The first-order chi connectivity index (χ1) is 7.12. The summed E-state index contributed by atoms with van der Waals surface area (Å²) in [6.45, 7) is 2.11. The molecule has 0 bridgehead atoms. The molecule has 0 saturated heterocycles. The van der Waals surface area contributed by atoms with Gasteiger partial charge in [0.2, 0.25) is 0 Å². The molecule has 1 saturated carbocycles. The van der Waals surface area contributed by atoms with Gasteiger partial charge in [0.1, 0.15) is 5.60 Å². The molecule has 0 amide bonds. The van der Waals surface area contributed by atoms with Gasteiger partial charge in [0, 0.05) is 7.11 Å². The van der Waals surface area contributed by atoms with Crippen molar-refractivity contribution in [2.24, 2.45) is 0 Å². The van der Waals surface area contributed by atoms with Crippen molar-refractivity contribution in [3.8, 4) is 0 Å². The maximum atomic E-state index is 11.3. The summed E-state index contributed by atoms with van der Waals surface area (Å²) in [6, 6.07) is 0. The van der Waals surface area contributed by atoms with Crippen LogP contribution in [0.1, 0.15) is 39.0 Å². The standard InChI is InChI=1S/C11H20O4/c1-3-15-10(12)8-11(13)7-5-4-6-9(11)14-2/h9,13H,3-8H2,1-2H3/t9-,11-/m0/s1. The summed E-state index contributed by atoms with van der Waals surface area (Å²) >= 11 is 0. The van der Waals surface area contributed by atoms with Crippen LogP contribution >= 0.6 is 0 Å². The number of carbonyl (C=O) groups excluding carboxylic acids is 1. The Morgan fingerprint density at radius 3 is 2.87 bits per heavy atom. The van der Waals surface area contributed by atoms with Crippen molar-refractivity contribution in [2.45, 2.75) is 50.7 Å². The molecule has 0 heterocycles. The van der Waals surface area contributed by atoms with Crippen molar-refractivity contribution in [1.82, 2.24) is 0 Å². The SMILES string of the molecule is CCOC(=O)C[C@@]1(O)CCCC[C@@H]1OC. The number of esters is 1. The van der Waals surface area contributed by atoms with E-state index >= 15 is 0 Å². The highest BCUT2D eigenvalue weighted by molar-refractivity contribution is 5.70. The second kappa shape index (κ2) is 5.47. The highest BCUT2D eigenvalue weighted by Crippen LogP contribution is 2.33. The normalized spacial score (nSPS) is 31.3. The monoisotopic (exact) mass is 216 g/mol. The molecule has 0 aromatic rings. The lowest BCUT2D eigenvalue weighted by Gasteiger charge is -2.38. The van der Waals surface area contributed by atoms with Gasteiger partial charge >= 0.3 is 5.97 Å². The molecule has 15 heavy (non-hydrogen) atoms. The first kappa shape index (κ1) is 12.5. The fourth-order valence-electron chi connectivity index (χ4n) is 2.19. The predicted octanol–water partition coefficient (Wildman–Crippen LogP) is 1.26. The average molecular weight is 216 g/mol. The molecule has 0 spiro atoms. The molecule has 1 aliphatic carbocycles. The number of ether oxygens (including phenoxy) is 2. The lowest BCUT2D eigenvalue weighted by atomic mass is 9.80. The molecule has 1 aliphatic rings. The van der Waals surface area contributed by atoms with Crippen LogP contribution in [0.2, 0.25) is 0 Å². The fourth-order valence-corrected chi connectivity index (χ4v) is 2.19. The highest BCUT2D eigenvalue weighted by Gasteiger charge is 2.41. The Kier molecular flexibility index (Phi) is 4.54. The third-order valence-corrected chi connectivity index (χ3v) is 2.97. The van der Waals surface area contributed by atoms with Gasteiger partial charge in [-0.3, -0.25) is 4.79 Å². The average Bonchev–Trinajstić information content (AvgIpc) is 2.18. The summed E-state index contributed by atoms with van der Waals surface area (Å²) in [5, 5.41) is 10.3. The largest absolute Gasteiger partial charge is 0.466 e. The van der Waals surface area contributed by atoms with E-state index in [1.807, 2.05) is 0 Å². The van der Waals surface area contributed by atoms with E-state index in [1.165, 1.54) is 0 Å². The summed E-state index contributed by atoms with van der Waals surface area (Å²) in [7, 11) is 1.58. The van der Waals surface area contributed by atoms with Crippen LogP contribution in [0.4, 0.5) is 0 Å². The van der Waals surface area contributed by atoms with Crippen LogP contribution in [0.5, 0.6) is 0 Å². The van der Waals surface area contributed by atoms with E-state index in [9.17, 15) is 9.90 Å². The molecule has 1 rings (SSSR count). The molecule has 2 atom stereocenters. The maximum Gasteiger partial charge on any atom is 0.308 e. The second-order valence-corrected chi connectivity index (χ2v) is 4.06. The minimum Gasteiger partial charge on any atom is -0.466 e. The molecular weight excluding hydrogens is 196 g/mol. The molecule has 88 valence electrons. The molecular formula is C11H20O4. The molecule has 1 fully saturated rings. The van der Waals surface area contributed by atoms with Gasteiger partial charge in [0.05, 0.1) is 19.1 Å². The summed E-state index contributed by atoms with van der Waals surface area (Å²) in [4.78, 5) is 11.3. The maximum absolute atomic E-state index is 11.3. The number of hydrogen-bond donors (Lipinski definition) is 1. The lowest BCUT2D eigenvalue weighted by Crippen LogP contribution is -2.47. The van der Waals surface area contributed by atoms with Crippen molar-refractivity contribution in [1.29, 1.82) is 0 Å². The van der Waals surface area contributed by atoms with Gasteiger partial charge in [-0.05, 0) is 19.8 Å². The lowest BCUT2D eigenvalue weighted by molar-refractivity contribution is -0.162. The van der Waals surface area contributed by atoms with Crippen LogP contribution in [0.15, 0.2) is 0 Å². The van der Waals surface area contributed by atoms with Crippen LogP contribution in [0.3, 0.4) is 0 Å². The second-order valence-electron chi connectivity index (χ2n) is 4.06. The topological polar surface area (TPSA) is 55.8 Å². The van der Waals surface area contributed by atoms with Gasteiger partial charge in [-0.1, -0.05) is 12.8 Å². The Bertz CT molecular complexity index is 217. The van der Waals surface area contributed by atoms with Crippen molar-refractivity contribution < 1.29 is 19.4 Å². The van der Waals surface area contributed by atoms with E-state index in [-0.39, 0.29) is 18.5 Å². The molecule has 4 heteroatoms. The molecule has 4 nitrogen and oxygen atoms in total. The predicted molar refractivity (Wildman–Crippen MR) is 55.5 cm³/mol. The molecule has 0 aromatic heterocycles. The Balaban J connectivity index is 2.57. The minimum atomic E-state index is -1.03. The molecule has 0 unspecified atom stereocenters. The molecule has 1 N–H and O–H groups in total. The van der Waals surface area contributed by atoms with E-state index in [2.05, 4.69) is 0 Å². The van der Waals surface area contributed by atoms with E-state index in [0.29, 0.717) is 13.0 Å². The van der Waals surface area contributed by atoms with Gasteiger partial charge in [-0.2, -0.15) is 0 Å². The Hall–Kier alpha value is -0.610. The van der Waals surface area contributed by atoms with E-state index in [0.717, 1.165) is 19.3 Å². The third kappa shape index (κ3) is 3.18. The summed E-state index contributed by atoms with van der Waals surface area (Å²) in [6.07, 6.45) is 3.21. The van der Waals surface area contributed by atoms with Crippen LogP contribution < -0.4 is 0 Å². The smallest absolute Gasteiger partial charge is 0.308 e. The highest BCUT2D eigenvalue weighted by atomic mass is 16.5. The minimum absolute atomic E-state index is 0.0410. The third-order valence-electron chi connectivity index (χ3n) is 2.97. The molecule has 0 radical (unpaired) electrons. The van der Waals surface area contributed by atoms with Gasteiger partial charge < -0.3 is 14.6 Å². The quantitative estimate of drug-likeness (QED) is 0.719. The Morgan fingerprint density at radius 2 is 2.27 bits per heavy atom. The zero-order valence-corrected chi connectivity index (χ0v) is 9.49. The van der Waals surface area contributed by atoms with Crippen molar-refractivity contribution in [3.05, 3.63) is 0 Å². The van der Waals surface area contributed by atoms with Gasteiger partial charge in [-0.15, -0.1) is 0 Å². The van der Waals surface area contributed by atoms with E-state index in [1.54, 1.807) is 14.0 Å². The van der Waals surface area contributed by atoms with E-state index < -0.39 is 5.60 Å². The van der Waals surface area contributed by atoms with Gasteiger partial charge in [-0.25, -0.2) is 0 Å². The van der Waals surface area contributed by atoms with Gasteiger partial charge in [0.25, 0.3) is 0 Å². The van der Waals surface area contributed by atoms with Crippen LogP contribution in [0, 0.1) is 0 Å². The van der Waals surface area contributed by atoms with Crippen LogP contribution in [-0.2, 0) is 14.3 Å². The summed E-state index contributed by atoms with van der Waals surface area (Å²) in [5.74, 6) is -0.344. The Morgan fingerprint density at radius 1 is 1.53 bits per heavy atom. The number of methoxy groups -OCH3 is 1. The number of aliphatic hydroxyl groups is 1. The Labute approximate surface area is 90.6 Å².